The van der Waals surface area contributed by atoms with Gasteiger partial charge in [0, 0.05) is 18.9 Å². The van der Waals surface area contributed by atoms with Crippen LogP contribution in [-0.4, -0.2) is 42.4 Å². The molecule has 0 unspecified atom stereocenters. The average Bonchev–Trinajstić information content (AvgIpc) is 2.91. The Morgan fingerprint density at radius 2 is 2.10 bits per heavy atom. The lowest BCUT2D eigenvalue weighted by Crippen LogP contribution is -2.53. The average molecular weight is 279 g/mol. The SMILES string of the molecule is C[C@H]1C[C@H]2CCCC(=O)N2[C@H](/C=C/CC2OCCO2)C1. The van der Waals surface area contributed by atoms with Crippen molar-refractivity contribution in [1.82, 2.24) is 4.90 Å². The highest BCUT2D eigenvalue weighted by Crippen LogP contribution is 2.34. The monoisotopic (exact) mass is 279 g/mol. The summed E-state index contributed by atoms with van der Waals surface area (Å²) in [6, 6.07) is 0.742. The fourth-order valence-electron chi connectivity index (χ4n) is 3.80. The Morgan fingerprint density at radius 1 is 1.30 bits per heavy atom. The molecule has 0 spiro atoms. The van der Waals surface area contributed by atoms with Crippen molar-refractivity contribution in [3.8, 4) is 0 Å². The van der Waals surface area contributed by atoms with Crippen LogP contribution in [0.25, 0.3) is 0 Å². The van der Waals surface area contributed by atoms with Crippen molar-refractivity contribution >= 4 is 5.91 Å². The summed E-state index contributed by atoms with van der Waals surface area (Å²) in [5.41, 5.74) is 0. The predicted octanol–water partition coefficient (Wildman–Crippen LogP) is 2.49. The molecule has 20 heavy (non-hydrogen) atoms. The zero-order valence-corrected chi connectivity index (χ0v) is 12.3. The van der Waals surface area contributed by atoms with Gasteiger partial charge >= 0.3 is 0 Å². The Bertz CT molecular complexity index is 376. The third-order valence-corrected chi connectivity index (χ3v) is 4.66. The minimum atomic E-state index is -0.0832. The molecule has 0 aromatic rings. The fraction of sp³-hybridized carbons (Fsp3) is 0.812. The summed E-state index contributed by atoms with van der Waals surface area (Å²) in [5, 5.41) is 0. The number of ether oxygens (including phenoxy) is 2. The van der Waals surface area contributed by atoms with Gasteiger partial charge in [0.25, 0.3) is 0 Å². The first-order valence-corrected chi connectivity index (χ1v) is 7.95. The summed E-state index contributed by atoms with van der Waals surface area (Å²) < 4.78 is 10.9. The first-order valence-electron chi connectivity index (χ1n) is 7.95. The number of carbonyl (C=O) groups is 1. The molecule has 3 atom stereocenters. The molecule has 0 aliphatic carbocycles. The smallest absolute Gasteiger partial charge is 0.223 e. The van der Waals surface area contributed by atoms with E-state index in [-0.39, 0.29) is 12.3 Å². The van der Waals surface area contributed by atoms with Crippen LogP contribution in [0.2, 0.25) is 0 Å². The molecule has 0 radical (unpaired) electrons. The Morgan fingerprint density at radius 3 is 2.90 bits per heavy atom. The van der Waals surface area contributed by atoms with Crippen LogP contribution < -0.4 is 0 Å². The molecule has 0 aromatic heterocycles. The van der Waals surface area contributed by atoms with Crippen LogP contribution in [0, 0.1) is 5.92 Å². The van der Waals surface area contributed by atoms with Gasteiger partial charge in [-0.3, -0.25) is 4.79 Å². The van der Waals surface area contributed by atoms with E-state index < -0.39 is 0 Å². The molecule has 3 heterocycles. The Hall–Kier alpha value is -0.870. The van der Waals surface area contributed by atoms with Crippen molar-refractivity contribution in [3.63, 3.8) is 0 Å². The number of hydrogen-bond acceptors (Lipinski definition) is 3. The van der Waals surface area contributed by atoms with E-state index in [0.717, 1.165) is 25.7 Å². The van der Waals surface area contributed by atoms with E-state index >= 15 is 0 Å². The minimum absolute atomic E-state index is 0.0832. The molecule has 4 nitrogen and oxygen atoms in total. The third-order valence-electron chi connectivity index (χ3n) is 4.66. The summed E-state index contributed by atoms with van der Waals surface area (Å²) in [6.07, 6.45) is 10.3. The van der Waals surface area contributed by atoms with Gasteiger partial charge < -0.3 is 14.4 Å². The normalized spacial score (nSPS) is 35.8. The second-order valence-electron chi connectivity index (χ2n) is 6.33. The minimum Gasteiger partial charge on any atom is -0.350 e. The van der Waals surface area contributed by atoms with Crippen LogP contribution in [0.3, 0.4) is 0 Å². The number of rotatable bonds is 3. The van der Waals surface area contributed by atoms with Crippen LogP contribution in [0.4, 0.5) is 0 Å². The van der Waals surface area contributed by atoms with E-state index in [9.17, 15) is 4.79 Å². The highest BCUT2D eigenvalue weighted by atomic mass is 16.7. The molecule has 0 bridgehead atoms. The predicted molar refractivity (Wildman–Crippen MR) is 76.1 cm³/mol. The Kier molecular flexibility index (Phi) is 4.41. The van der Waals surface area contributed by atoms with E-state index in [2.05, 4.69) is 24.0 Å². The van der Waals surface area contributed by atoms with Gasteiger partial charge in [-0.05, 0) is 31.6 Å². The molecule has 4 heteroatoms. The third kappa shape index (κ3) is 3.07. The molecular weight excluding hydrogens is 254 g/mol. The Labute approximate surface area is 121 Å². The number of nitrogens with zero attached hydrogens (tertiary/aromatic N) is 1. The number of hydrogen-bond donors (Lipinski definition) is 0. The topological polar surface area (TPSA) is 38.8 Å². The molecule has 112 valence electrons. The summed E-state index contributed by atoms with van der Waals surface area (Å²) in [5.74, 6) is 1.05. The van der Waals surface area contributed by atoms with Gasteiger partial charge in [-0.1, -0.05) is 19.1 Å². The first kappa shape index (κ1) is 14.1. The van der Waals surface area contributed by atoms with E-state index in [1.54, 1.807) is 0 Å². The molecule has 1 amide bonds. The number of piperidine rings is 2. The van der Waals surface area contributed by atoms with Crippen molar-refractivity contribution in [2.75, 3.05) is 13.2 Å². The zero-order valence-electron chi connectivity index (χ0n) is 12.3. The van der Waals surface area contributed by atoms with Gasteiger partial charge in [-0.15, -0.1) is 0 Å². The van der Waals surface area contributed by atoms with Crippen molar-refractivity contribution in [2.24, 2.45) is 5.92 Å². The standard InChI is InChI=1S/C16H25NO3/c1-12-10-13-4-2-6-15(18)17(13)14(11-12)5-3-7-16-19-8-9-20-16/h3,5,12-14,16H,2,4,6-11H2,1H3/b5-3+/t12-,13+,14+/m0/s1. The van der Waals surface area contributed by atoms with E-state index in [1.165, 1.54) is 12.8 Å². The lowest BCUT2D eigenvalue weighted by atomic mass is 9.82. The van der Waals surface area contributed by atoms with Crippen molar-refractivity contribution in [2.45, 2.75) is 63.8 Å². The molecular formula is C16H25NO3. The maximum Gasteiger partial charge on any atom is 0.223 e. The number of amides is 1. The summed E-state index contributed by atoms with van der Waals surface area (Å²) >= 11 is 0. The van der Waals surface area contributed by atoms with E-state index in [1.807, 2.05) is 0 Å². The van der Waals surface area contributed by atoms with Crippen LogP contribution in [0.1, 0.15) is 45.4 Å². The van der Waals surface area contributed by atoms with Crippen molar-refractivity contribution in [3.05, 3.63) is 12.2 Å². The first-order chi connectivity index (χ1) is 9.74. The molecule has 3 saturated heterocycles. The lowest BCUT2D eigenvalue weighted by molar-refractivity contribution is -0.141. The molecule has 0 N–H and O–H groups in total. The highest BCUT2D eigenvalue weighted by molar-refractivity contribution is 5.78. The van der Waals surface area contributed by atoms with Crippen LogP contribution in [-0.2, 0) is 14.3 Å². The summed E-state index contributed by atoms with van der Waals surface area (Å²) in [4.78, 5) is 14.4. The largest absolute Gasteiger partial charge is 0.350 e. The molecule has 0 saturated carbocycles. The maximum absolute atomic E-state index is 12.2. The van der Waals surface area contributed by atoms with Gasteiger partial charge in [-0.2, -0.15) is 0 Å². The maximum atomic E-state index is 12.2. The van der Waals surface area contributed by atoms with Crippen molar-refractivity contribution < 1.29 is 14.3 Å². The van der Waals surface area contributed by atoms with Crippen LogP contribution in [0.15, 0.2) is 12.2 Å². The fourth-order valence-corrected chi connectivity index (χ4v) is 3.80. The number of fused-ring (bicyclic) bond motifs is 1. The van der Waals surface area contributed by atoms with Gasteiger partial charge in [0.2, 0.25) is 5.91 Å². The van der Waals surface area contributed by atoms with Gasteiger partial charge in [0.15, 0.2) is 6.29 Å². The molecule has 3 fully saturated rings. The van der Waals surface area contributed by atoms with Gasteiger partial charge in [-0.25, -0.2) is 0 Å². The molecule has 3 rings (SSSR count). The second-order valence-corrected chi connectivity index (χ2v) is 6.33. The quantitative estimate of drug-likeness (QED) is 0.745. The second kappa shape index (κ2) is 6.27. The summed E-state index contributed by atoms with van der Waals surface area (Å²) in [7, 11) is 0. The van der Waals surface area contributed by atoms with E-state index in [4.69, 9.17) is 9.47 Å². The number of carbonyl (C=O) groups excluding carboxylic acids is 1. The lowest BCUT2D eigenvalue weighted by Gasteiger charge is -2.46. The van der Waals surface area contributed by atoms with Gasteiger partial charge in [0.1, 0.15) is 0 Å². The van der Waals surface area contributed by atoms with Crippen LogP contribution >= 0.6 is 0 Å². The molecule has 3 aliphatic rings. The van der Waals surface area contributed by atoms with Crippen LogP contribution in [0.5, 0.6) is 0 Å². The van der Waals surface area contributed by atoms with Crippen molar-refractivity contribution in [1.29, 1.82) is 0 Å². The van der Waals surface area contributed by atoms with Gasteiger partial charge in [0.05, 0.1) is 19.3 Å². The molecule has 3 aliphatic heterocycles. The Balaban J connectivity index is 1.62. The molecule has 0 aromatic carbocycles. The summed E-state index contributed by atoms with van der Waals surface area (Å²) in [6.45, 7) is 3.71. The highest BCUT2D eigenvalue weighted by Gasteiger charge is 2.37. The van der Waals surface area contributed by atoms with E-state index in [0.29, 0.717) is 31.1 Å². The zero-order chi connectivity index (χ0) is 13.9.